The van der Waals surface area contributed by atoms with Crippen LogP contribution in [-0.4, -0.2) is 24.7 Å². The number of rotatable bonds is 7. The zero-order valence-electron chi connectivity index (χ0n) is 17.9. The van der Waals surface area contributed by atoms with Crippen LogP contribution >= 0.6 is 15.9 Å². The third-order valence-corrected chi connectivity index (χ3v) is 4.87. The second kappa shape index (κ2) is 10.3. The summed E-state index contributed by atoms with van der Waals surface area (Å²) in [5.74, 6) is -0.122. The van der Waals surface area contributed by atoms with E-state index >= 15 is 0 Å². The van der Waals surface area contributed by atoms with Crippen LogP contribution in [0.1, 0.15) is 42.5 Å². The van der Waals surface area contributed by atoms with Crippen molar-refractivity contribution in [3.05, 3.63) is 82.2 Å². The van der Waals surface area contributed by atoms with E-state index in [0.717, 1.165) is 4.47 Å². The molecule has 1 N–H and O–H groups in total. The summed E-state index contributed by atoms with van der Waals surface area (Å²) >= 11 is 3.36. The summed E-state index contributed by atoms with van der Waals surface area (Å²) in [5, 5.41) is 3.93. The lowest BCUT2D eigenvalue weighted by atomic mass is 9.87. The average molecular weight is 499 g/mol. The molecule has 0 aliphatic heterocycles. The van der Waals surface area contributed by atoms with Crippen molar-refractivity contribution >= 4 is 34.0 Å². The molecule has 0 bridgehead atoms. The first kappa shape index (κ1) is 23.3. The number of esters is 1. The number of amides is 1. The molecule has 3 rings (SSSR count). The van der Waals surface area contributed by atoms with Gasteiger partial charge in [0.25, 0.3) is 5.91 Å². The molecule has 1 heterocycles. The molecule has 8 heteroatoms. The molecule has 0 radical (unpaired) electrons. The first-order valence-corrected chi connectivity index (χ1v) is 10.6. The normalized spacial score (nSPS) is 11.4. The number of hydrogen-bond donors (Lipinski definition) is 1. The Morgan fingerprint density at radius 3 is 2.53 bits per heavy atom. The van der Waals surface area contributed by atoms with Crippen LogP contribution in [0.15, 0.2) is 74.9 Å². The topological polar surface area (TPSA) is 90.1 Å². The number of benzene rings is 2. The molecule has 0 saturated carbocycles. The highest BCUT2D eigenvalue weighted by Gasteiger charge is 2.15. The summed E-state index contributed by atoms with van der Waals surface area (Å²) in [7, 11) is 0. The summed E-state index contributed by atoms with van der Waals surface area (Å²) in [4.78, 5) is 24.2. The fraction of sp³-hybridized carbons (Fsp3) is 0.208. The van der Waals surface area contributed by atoms with Crippen LogP contribution in [0.2, 0.25) is 0 Å². The van der Waals surface area contributed by atoms with E-state index in [-0.39, 0.29) is 23.5 Å². The Hall–Kier alpha value is -3.39. The maximum absolute atomic E-state index is 12.1. The van der Waals surface area contributed by atoms with Crippen LogP contribution in [0.3, 0.4) is 0 Å². The molecule has 1 amide bonds. The highest BCUT2D eigenvalue weighted by molar-refractivity contribution is 9.10. The van der Waals surface area contributed by atoms with E-state index in [1.165, 1.54) is 24.1 Å². The molecule has 0 aliphatic rings. The van der Waals surface area contributed by atoms with Crippen molar-refractivity contribution in [1.82, 2.24) is 5.43 Å². The molecular formula is C24H23BrN2O5. The lowest BCUT2D eigenvalue weighted by molar-refractivity contribution is -0.123. The molecule has 0 atom stereocenters. The number of ether oxygens (including phenoxy) is 2. The average Bonchev–Trinajstić information content (AvgIpc) is 3.29. The fourth-order valence-corrected chi connectivity index (χ4v) is 3.04. The quantitative estimate of drug-likeness (QED) is 0.212. The number of furan rings is 1. The van der Waals surface area contributed by atoms with E-state index in [2.05, 4.69) is 47.2 Å². The van der Waals surface area contributed by atoms with Crippen LogP contribution in [0.25, 0.3) is 0 Å². The van der Waals surface area contributed by atoms with Crippen molar-refractivity contribution in [2.24, 2.45) is 5.10 Å². The molecule has 0 unspecified atom stereocenters. The SMILES string of the molecule is CC(C)(C)c1ccc(OCC(=O)N/N=C\c2cc(Br)ccc2OC(=O)c2ccco2)cc1. The third-order valence-electron chi connectivity index (χ3n) is 4.38. The minimum atomic E-state index is -0.637. The minimum absolute atomic E-state index is 0.0438. The molecule has 32 heavy (non-hydrogen) atoms. The number of hydrazone groups is 1. The van der Waals surface area contributed by atoms with Gasteiger partial charge in [0.15, 0.2) is 6.61 Å². The van der Waals surface area contributed by atoms with Crippen molar-refractivity contribution in [3.63, 3.8) is 0 Å². The maximum Gasteiger partial charge on any atom is 0.379 e. The number of halogens is 1. The number of carbonyl (C=O) groups is 2. The van der Waals surface area contributed by atoms with Crippen LogP contribution < -0.4 is 14.9 Å². The van der Waals surface area contributed by atoms with E-state index in [0.29, 0.717) is 11.3 Å². The Labute approximate surface area is 194 Å². The molecule has 7 nitrogen and oxygen atoms in total. The van der Waals surface area contributed by atoms with Gasteiger partial charge in [-0.25, -0.2) is 10.2 Å². The van der Waals surface area contributed by atoms with Gasteiger partial charge in [-0.15, -0.1) is 0 Å². The van der Waals surface area contributed by atoms with Gasteiger partial charge >= 0.3 is 5.97 Å². The number of carbonyl (C=O) groups excluding carboxylic acids is 2. The van der Waals surface area contributed by atoms with E-state index in [9.17, 15) is 9.59 Å². The molecule has 3 aromatic rings. The number of nitrogens with one attached hydrogen (secondary N) is 1. The van der Waals surface area contributed by atoms with Gasteiger partial charge in [0.1, 0.15) is 11.5 Å². The van der Waals surface area contributed by atoms with Crippen molar-refractivity contribution in [2.45, 2.75) is 26.2 Å². The van der Waals surface area contributed by atoms with Crippen LogP contribution in [0.5, 0.6) is 11.5 Å². The van der Waals surface area contributed by atoms with E-state index in [1.807, 2.05) is 24.3 Å². The van der Waals surface area contributed by atoms with Gasteiger partial charge in [0, 0.05) is 10.0 Å². The van der Waals surface area contributed by atoms with Gasteiger partial charge in [-0.1, -0.05) is 48.8 Å². The molecule has 1 aromatic heterocycles. The lowest BCUT2D eigenvalue weighted by Gasteiger charge is -2.19. The second-order valence-corrected chi connectivity index (χ2v) is 8.82. The predicted molar refractivity (Wildman–Crippen MR) is 124 cm³/mol. The van der Waals surface area contributed by atoms with Crippen molar-refractivity contribution in [3.8, 4) is 11.5 Å². The second-order valence-electron chi connectivity index (χ2n) is 7.91. The molecule has 0 saturated heterocycles. The molecule has 0 fully saturated rings. The van der Waals surface area contributed by atoms with Gasteiger partial charge in [0.2, 0.25) is 5.76 Å². The summed E-state index contributed by atoms with van der Waals surface area (Å²) in [6, 6.07) is 15.7. The van der Waals surface area contributed by atoms with Crippen LogP contribution in [0, 0.1) is 0 Å². The summed E-state index contributed by atoms with van der Waals surface area (Å²) in [6.45, 7) is 6.19. The zero-order chi connectivity index (χ0) is 23.1. The Balaban J connectivity index is 1.56. The minimum Gasteiger partial charge on any atom is -0.484 e. The Morgan fingerprint density at radius 1 is 1.12 bits per heavy atom. The van der Waals surface area contributed by atoms with Gasteiger partial charge in [-0.3, -0.25) is 4.79 Å². The summed E-state index contributed by atoms with van der Waals surface area (Å²) < 4.78 is 16.7. The largest absolute Gasteiger partial charge is 0.484 e. The lowest BCUT2D eigenvalue weighted by Crippen LogP contribution is -2.24. The van der Waals surface area contributed by atoms with Crippen molar-refractivity contribution in [1.29, 1.82) is 0 Å². The molecular weight excluding hydrogens is 476 g/mol. The highest BCUT2D eigenvalue weighted by atomic mass is 79.9. The summed E-state index contributed by atoms with van der Waals surface area (Å²) in [6.07, 6.45) is 2.77. The highest BCUT2D eigenvalue weighted by Crippen LogP contribution is 2.24. The number of nitrogens with zero attached hydrogens (tertiary/aromatic N) is 1. The zero-order valence-corrected chi connectivity index (χ0v) is 19.5. The maximum atomic E-state index is 12.1. The van der Waals surface area contributed by atoms with Crippen molar-refractivity contribution < 1.29 is 23.5 Å². The van der Waals surface area contributed by atoms with E-state index in [1.54, 1.807) is 24.3 Å². The van der Waals surface area contributed by atoms with Crippen LogP contribution in [0.4, 0.5) is 0 Å². The first-order chi connectivity index (χ1) is 15.2. The Morgan fingerprint density at radius 2 is 1.88 bits per heavy atom. The Kier molecular flexibility index (Phi) is 7.48. The summed E-state index contributed by atoms with van der Waals surface area (Å²) in [5.41, 5.74) is 4.10. The standard InChI is InChI=1S/C24H23BrN2O5/c1-24(2,3)17-6-9-19(10-7-17)31-15-22(28)27-26-14-16-13-18(25)8-11-20(16)32-23(29)21-5-4-12-30-21/h4-14H,15H2,1-3H3,(H,27,28)/b26-14-. The van der Waals surface area contributed by atoms with E-state index in [4.69, 9.17) is 13.9 Å². The van der Waals surface area contributed by atoms with E-state index < -0.39 is 11.9 Å². The molecule has 0 spiro atoms. The van der Waals surface area contributed by atoms with Gasteiger partial charge in [-0.2, -0.15) is 5.10 Å². The van der Waals surface area contributed by atoms with Gasteiger partial charge in [0.05, 0.1) is 12.5 Å². The molecule has 166 valence electrons. The van der Waals surface area contributed by atoms with Crippen molar-refractivity contribution in [2.75, 3.05) is 6.61 Å². The number of hydrogen-bond acceptors (Lipinski definition) is 6. The Bertz CT molecular complexity index is 1100. The molecule has 0 aliphatic carbocycles. The predicted octanol–water partition coefficient (Wildman–Crippen LogP) is 5.09. The monoisotopic (exact) mass is 498 g/mol. The smallest absolute Gasteiger partial charge is 0.379 e. The van der Waals surface area contributed by atoms with Gasteiger partial charge in [-0.05, 0) is 53.4 Å². The van der Waals surface area contributed by atoms with Gasteiger partial charge < -0.3 is 13.9 Å². The van der Waals surface area contributed by atoms with Crippen LogP contribution in [-0.2, 0) is 10.2 Å². The third kappa shape index (κ3) is 6.55. The fourth-order valence-electron chi connectivity index (χ4n) is 2.66. The first-order valence-electron chi connectivity index (χ1n) is 9.83. The molecule has 2 aromatic carbocycles.